The molecule has 12 heteroatoms. The Hall–Kier alpha value is -5.70. The first-order chi connectivity index (χ1) is 23.0. The number of amides is 1. The lowest BCUT2D eigenvalue weighted by Crippen LogP contribution is -2.33. The first kappa shape index (κ1) is 32.2. The molecular formula is C36H23ClF3N5O2S. The quantitative estimate of drug-likeness (QED) is 0.208. The van der Waals surface area contributed by atoms with Crippen LogP contribution in [0.5, 0.6) is 0 Å². The van der Waals surface area contributed by atoms with Crippen LogP contribution in [-0.2, 0) is 11.0 Å². The molecule has 1 N–H and O–H groups in total. The van der Waals surface area contributed by atoms with Crippen molar-refractivity contribution in [2.45, 2.75) is 13.1 Å². The van der Waals surface area contributed by atoms with Gasteiger partial charge < -0.3 is 5.32 Å². The number of anilines is 1. The van der Waals surface area contributed by atoms with E-state index < -0.39 is 34.5 Å². The summed E-state index contributed by atoms with van der Waals surface area (Å²) in [7, 11) is 0. The van der Waals surface area contributed by atoms with Gasteiger partial charge in [0.05, 0.1) is 21.5 Å². The number of carbonyl (C=O) groups excluding carboxylic acids is 1. The number of benzene rings is 4. The molecule has 0 aliphatic heterocycles. The van der Waals surface area contributed by atoms with Gasteiger partial charge in [0.2, 0.25) is 0 Å². The maximum absolute atomic E-state index is 14.3. The van der Waals surface area contributed by atoms with Gasteiger partial charge in [-0.2, -0.15) is 23.5 Å². The van der Waals surface area contributed by atoms with Crippen LogP contribution in [0.1, 0.15) is 16.7 Å². The number of thiazole rings is 1. The summed E-state index contributed by atoms with van der Waals surface area (Å²) in [6.07, 6.45) is -1.68. The van der Waals surface area contributed by atoms with Crippen LogP contribution in [0.3, 0.4) is 0 Å². The van der Waals surface area contributed by atoms with Crippen LogP contribution in [0.15, 0.2) is 114 Å². The molecule has 7 nitrogen and oxygen atoms in total. The van der Waals surface area contributed by atoms with Crippen molar-refractivity contribution in [3.05, 3.63) is 151 Å². The molecule has 238 valence electrons. The Morgan fingerprint density at radius 1 is 0.979 bits per heavy atom. The molecule has 6 rings (SSSR count). The molecule has 2 heterocycles. The number of nitriles is 1. The fourth-order valence-corrected chi connectivity index (χ4v) is 6.37. The molecule has 0 aliphatic carbocycles. The number of carbonyl (C=O) groups is 1. The molecule has 0 bridgehead atoms. The molecule has 0 atom stereocenters. The summed E-state index contributed by atoms with van der Waals surface area (Å²) in [6, 6.07) is 29.3. The van der Waals surface area contributed by atoms with E-state index in [0.717, 1.165) is 39.3 Å². The Morgan fingerprint density at radius 3 is 2.42 bits per heavy atom. The third-order valence-corrected chi connectivity index (χ3v) is 8.58. The zero-order chi connectivity index (χ0) is 34.0. The van der Waals surface area contributed by atoms with Crippen molar-refractivity contribution >= 4 is 46.2 Å². The first-order valence-corrected chi connectivity index (χ1v) is 15.6. The molecule has 0 saturated carbocycles. The van der Waals surface area contributed by atoms with Gasteiger partial charge in [0.25, 0.3) is 11.5 Å². The van der Waals surface area contributed by atoms with E-state index >= 15 is 0 Å². The van der Waals surface area contributed by atoms with Crippen LogP contribution < -0.4 is 20.1 Å². The Morgan fingerprint density at radius 2 is 1.71 bits per heavy atom. The lowest BCUT2D eigenvalue weighted by Gasteiger charge is -2.13. The molecule has 2 aromatic heterocycles. The molecule has 0 aliphatic rings. The number of para-hydroxylation sites is 2. The lowest BCUT2D eigenvalue weighted by molar-refractivity contribution is -0.137. The molecule has 48 heavy (non-hydrogen) atoms. The predicted molar refractivity (Wildman–Crippen MR) is 181 cm³/mol. The Bertz CT molecular complexity index is 2410. The molecule has 0 fully saturated rings. The molecule has 0 unspecified atom stereocenters. The minimum absolute atomic E-state index is 0.0334. The third-order valence-electron chi connectivity index (χ3n) is 7.25. The van der Waals surface area contributed by atoms with E-state index in [9.17, 15) is 28.0 Å². The Labute approximate surface area is 280 Å². The summed E-state index contributed by atoms with van der Waals surface area (Å²) in [6.45, 7) is 1.81. The van der Waals surface area contributed by atoms with Crippen LogP contribution in [0.4, 0.5) is 18.9 Å². The molecule has 4 aromatic carbocycles. The number of hydrogen-bond donors (Lipinski definition) is 1. The second-order valence-corrected chi connectivity index (χ2v) is 12.1. The van der Waals surface area contributed by atoms with Crippen LogP contribution in [0.2, 0.25) is 5.02 Å². The third kappa shape index (κ3) is 6.57. The van der Waals surface area contributed by atoms with Gasteiger partial charge >= 0.3 is 6.18 Å². The SMILES string of the molecule is Cc1cccc(NC(=O)C(C#N)=c2sc(=Cc3cn(-c4ccccc4)nc3-c3cccc(Cl)c3)c(=O)n2-c2ccccc2C(F)(F)F)c1. The zero-order valence-corrected chi connectivity index (χ0v) is 26.6. The van der Waals surface area contributed by atoms with Crippen molar-refractivity contribution in [3.63, 3.8) is 0 Å². The minimum Gasteiger partial charge on any atom is -0.321 e. The number of rotatable bonds is 6. The van der Waals surface area contributed by atoms with Crippen molar-refractivity contribution in [2.75, 3.05) is 5.32 Å². The van der Waals surface area contributed by atoms with E-state index in [1.54, 1.807) is 53.3 Å². The van der Waals surface area contributed by atoms with Gasteiger partial charge in [-0.3, -0.25) is 14.2 Å². The highest BCUT2D eigenvalue weighted by Gasteiger charge is 2.34. The normalized spacial score (nSPS) is 12.5. The van der Waals surface area contributed by atoms with Gasteiger partial charge in [-0.1, -0.05) is 66.2 Å². The standard InChI is InChI=1S/C36H23ClF3N5O2S/c1-22-9-7-12-26(17-22)42-33(46)28(20-41)35-45(30-16-6-5-15-29(30)36(38,39)40)34(47)31(48-35)19-24-21-44(27-13-3-2-4-14-27)43-32(24)23-10-8-11-25(37)18-23/h2-19,21H,1H3,(H,42,46). The number of alkyl halides is 3. The van der Waals surface area contributed by atoms with Crippen LogP contribution in [-0.4, -0.2) is 20.3 Å². The van der Waals surface area contributed by atoms with Gasteiger partial charge in [-0.25, -0.2) is 4.68 Å². The lowest BCUT2D eigenvalue weighted by atomic mass is 10.1. The Kier molecular flexibility index (Phi) is 8.86. The highest BCUT2D eigenvalue weighted by atomic mass is 35.5. The van der Waals surface area contributed by atoms with Crippen molar-refractivity contribution in [1.29, 1.82) is 5.26 Å². The van der Waals surface area contributed by atoms with Gasteiger partial charge in [0, 0.05) is 28.0 Å². The Balaban J connectivity index is 1.65. The molecule has 0 spiro atoms. The van der Waals surface area contributed by atoms with E-state index in [1.165, 1.54) is 18.2 Å². The largest absolute Gasteiger partial charge is 0.418 e. The van der Waals surface area contributed by atoms with E-state index in [-0.39, 0.29) is 9.20 Å². The number of nitrogens with zero attached hydrogens (tertiary/aromatic N) is 4. The number of nitrogens with one attached hydrogen (secondary N) is 1. The van der Waals surface area contributed by atoms with Crippen LogP contribution in [0, 0.1) is 18.3 Å². The van der Waals surface area contributed by atoms with Gasteiger partial charge in [0.15, 0.2) is 5.57 Å². The second-order valence-electron chi connectivity index (χ2n) is 10.6. The average molecular weight is 682 g/mol. The first-order valence-electron chi connectivity index (χ1n) is 14.4. The number of aromatic nitrogens is 3. The molecule has 0 radical (unpaired) electrons. The summed E-state index contributed by atoms with van der Waals surface area (Å²) in [4.78, 5) is 27.7. The highest BCUT2D eigenvalue weighted by molar-refractivity contribution is 7.07. The summed E-state index contributed by atoms with van der Waals surface area (Å²) >= 11 is 7.01. The van der Waals surface area contributed by atoms with Gasteiger partial charge in [-0.15, -0.1) is 11.3 Å². The molecule has 1 amide bonds. The highest BCUT2D eigenvalue weighted by Crippen LogP contribution is 2.33. The van der Waals surface area contributed by atoms with E-state index in [1.807, 2.05) is 49.4 Å². The molecular weight excluding hydrogens is 659 g/mol. The van der Waals surface area contributed by atoms with Gasteiger partial charge in [0.1, 0.15) is 16.4 Å². The molecule has 0 saturated heterocycles. The number of hydrogen-bond acceptors (Lipinski definition) is 5. The average Bonchev–Trinajstić information content (AvgIpc) is 3.62. The maximum atomic E-state index is 14.3. The number of aryl methyl sites for hydroxylation is 1. The van der Waals surface area contributed by atoms with Gasteiger partial charge in [-0.05, 0) is 67.1 Å². The van der Waals surface area contributed by atoms with Crippen molar-refractivity contribution in [2.24, 2.45) is 0 Å². The topological polar surface area (TPSA) is 92.7 Å². The van der Waals surface area contributed by atoms with E-state index in [4.69, 9.17) is 16.7 Å². The molecule has 6 aromatic rings. The zero-order valence-electron chi connectivity index (χ0n) is 25.0. The monoisotopic (exact) mass is 681 g/mol. The van der Waals surface area contributed by atoms with Crippen molar-refractivity contribution in [3.8, 4) is 28.7 Å². The van der Waals surface area contributed by atoms with Crippen LogP contribution in [0.25, 0.3) is 34.3 Å². The summed E-state index contributed by atoms with van der Waals surface area (Å²) in [5, 5.41) is 18.0. The smallest absolute Gasteiger partial charge is 0.321 e. The van der Waals surface area contributed by atoms with Crippen LogP contribution >= 0.6 is 22.9 Å². The number of halogens is 4. The summed E-state index contributed by atoms with van der Waals surface area (Å²) in [5.74, 6) is -0.884. The predicted octanol–water partition coefficient (Wildman–Crippen LogP) is 6.87. The maximum Gasteiger partial charge on any atom is 0.418 e. The summed E-state index contributed by atoms with van der Waals surface area (Å²) in [5.41, 5.74) is 0.434. The van der Waals surface area contributed by atoms with E-state index in [2.05, 4.69) is 5.32 Å². The van der Waals surface area contributed by atoms with E-state index in [0.29, 0.717) is 27.5 Å². The fourth-order valence-electron chi connectivity index (χ4n) is 5.10. The van der Waals surface area contributed by atoms with Crippen molar-refractivity contribution in [1.82, 2.24) is 14.3 Å². The summed E-state index contributed by atoms with van der Waals surface area (Å²) < 4.78 is 44.9. The minimum atomic E-state index is -4.84. The fraction of sp³-hybridized carbons (Fsp3) is 0.0556. The van der Waals surface area contributed by atoms with Crippen molar-refractivity contribution < 1.29 is 18.0 Å². The second kappa shape index (κ2) is 13.2.